The number of hydrogen-bond acceptors (Lipinski definition) is 5. The second kappa shape index (κ2) is 9.76. The van der Waals surface area contributed by atoms with Gasteiger partial charge in [-0.25, -0.2) is 13.2 Å². The number of benzene rings is 1. The van der Waals surface area contributed by atoms with Gasteiger partial charge in [-0.2, -0.15) is 0 Å². The number of hydrogen-bond donors (Lipinski definition) is 2. The largest absolute Gasteiger partial charge is 0.478 e. The van der Waals surface area contributed by atoms with Gasteiger partial charge in [-0.1, -0.05) is 44.2 Å². The van der Waals surface area contributed by atoms with E-state index in [2.05, 4.69) is 23.5 Å². The molecule has 8 heteroatoms. The van der Waals surface area contributed by atoms with Crippen molar-refractivity contribution in [3.63, 3.8) is 0 Å². The Morgan fingerprint density at radius 1 is 1.20 bits per heavy atom. The van der Waals surface area contributed by atoms with Gasteiger partial charge < -0.3 is 10.0 Å². The molecule has 0 radical (unpaired) electrons. The molecule has 0 fully saturated rings. The summed E-state index contributed by atoms with van der Waals surface area (Å²) in [6, 6.07) is 6.77. The Hall–Kier alpha value is -2.16. The monoisotopic (exact) mass is 448 g/mol. The summed E-state index contributed by atoms with van der Waals surface area (Å²) in [5.74, 6) is -1.08. The summed E-state index contributed by atoms with van der Waals surface area (Å²) in [7, 11) is -3.93. The van der Waals surface area contributed by atoms with Crippen LogP contribution in [0.4, 0.5) is 5.00 Å². The third-order valence-corrected chi connectivity index (χ3v) is 8.14. The van der Waals surface area contributed by atoms with E-state index in [1.807, 2.05) is 12.2 Å². The highest BCUT2D eigenvalue weighted by molar-refractivity contribution is 7.93. The fraction of sp³-hybridized carbons (Fsp3) is 0.409. The van der Waals surface area contributed by atoms with Crippen LogP contribution < -0.4 is 4.72 Å². The number of aromatic carboxylic acids is 1. The minimum atomic E-state index is -3.93. The van der Waals surface area contributed by atoms with Crippen molar-refractivity contribution >= 4 is 38.4 Å². The lowest BCUT2D eigenvalue weighted by molar-refractivity contribution is 0.0697. The van der Waals surface area contributed by atoms with Crippen molar-refractivity contribution in [3.05, 3.63) is 51.9 Å². The Labute approximate surface area is 182 Å². The molecule has 1 heterocycles. The van der Waals surface area contributed by atoms with Crippen molar-refractivity contribution < 1.29 is 18.3 Å². The first kappa shape index (κ1) is 22.5. The van der Waals surface area contributed by atoms with Crippen LogP contribution in [0.5, 0.6) is 0 Å². The Balaban J connectivity index is 1.91. The number of likely N-dealkylation sites (N-methyl/N-ethyl adjacent to an activating group) is 1. The molecule has 2 aromatic rings. The van der Waals surface area contributed by atoms with Crippen LogP contribution in [0.15, 0.2) is 35.2 Å². The maximum absolute atomic E-state index is 13.2. The van der Waals surface area contributed by atoms with E-state index < -0.39 is 16.0 Å². The number of fused-ring (bicyclic) bond motifs is 1. The fourth-order valence-corrected chi connectivity index (χ4v) is 6.50. The number of rotatable bonds is 9. The quantitative estimate of drug-likeness (QED) is 0.591. The van der Waals surface area contributed by atoms with Gasteiger partial charge in [0, 0.05) is 11.4 Å². The van der Waals surface area contributed by atoms with Gasteiger partial charge in [-0.05, 0) is 56.0 Å². The van der Waals surface area contributed by atoms with Crippen molar-refractivity contribution in [1.29, 1.82) is 0 Å². The predicted molar refractivity (Wildman–Crippen MR) is 122 cm³/mol. The summed E-state index contributed by atoms with van der Waals surface area (Å²) in [5, 5.41) is 9.91. The van der Waals surface area contributed by atoms with Gasteiger partial charge in [0.25, 0.3) is 10.0 Å². The molecule has 0 bridgehead atoms. The molecule has 0 aliphatic heterocycles. The predicted octanol–water partition coefficient (Wildman–Crippen LogP) is 4.48. The first-order chi connectivity index (χ1) is 14.4. The summed E-state index contributed by atoms with van der Waals surface area (Å²) >= 11 is 1.25. The van der Waals surface area contributed by atoms with Crippen molar-refractivity contribution in [3.8, 4) is 0 Å². The summed E-state index contributed by atoms with van der Waals surface area (Å²) in [6.45, 7) is 6.74. The highest BCUT2D eigenvalue weighted by atomic mass is 32.2. The molecule has 0 saturated carbocycles. The lowest BCUT2D eigenvalue weighted by Crippen LogP contribution is -2.22. The number of nitrogens with zero attached hydrogens (tertiary/aromatic N) is 1. The van der Waals surface area contributed by atoms with E-state index in [4.69, 9.17) is 0 Å². The van der Waals surface area contributed by atoms with Gasteiger partial charge in [-0.15, -0.1) is 11.3 Å². The molecule has 30 heavy (non-hydrogen) atoms. The average molecular weight is 449 g/mol. The number of carboxylic acids is 1. The molecule has 1 aliphatic rings. The van der Waals surface area contributed by atoms with Gasteiger partial charge in [0.05, 0.1) is 10.5 Å². The van der Waals surface area contributed by atoms with Crippen molar-refractivity contribution in [2.75, 3.05) is 24.4 Å². The number of carboxylic acid groups (broad SMARTS) is 1. The maximum Gasteiger partial charge on any atom is 0.339 e. The van der Waals surface area contributed by atoms with Crippen LogP contribution in [-0.4, -0.2) is 44.0 Å². The van der Waals surface area contributed by atoms with Crippen molar-refractivity contribution in [2.45, 2.75) is 44.4 Å². The first-order valence-electron chi connectivity index (χ1n) is 10.3. The first-order valence-corrected chi connectivity index (χ1v) is 12.6. The van der Waals surface area contributed by atoms with Crippen LogP contribution in [0.2, 0.25) is 0 Å². The molecule has 3 rings (SSSR count). The zero-order valence-electron chi connectivity index (χ0n) is 17.3. The Bertz CT molecular complexity index is 1040. The van der Waals surface area contributed by atoms with Crippen molar-refractivity contribution in [2.24, 2.45) is 0 Å². The lowest BCUT2D eigenvalue weighted by atomic mass is 9.96. The normalized spacial score (nSPS) is 14.2. The zero-order valence-corrected chi connectivity index (χ0v) is 19.0. The van der Waals surface area contributed by atoms with Crippen LogP contribution in [0.1, 0.15) is 53.1 Å². The Morgan fingerprint density at radius 3 is 2.60 bits per heavy atom. The Morgan fingerprint density at radius 2 is 1.90 bits per heavy atom. The summed E-state index contributed by atoms with van der Waals surface area (Å²) < 4.78 is 28.9. The minimum absolute atomic E-state index is 0.104. The second-order valence-corrected chi connectivity index (χ2v) is 10.0. The van der Waals surface area contributed by atoms with E-state index in [0.29, 0.717) is 12.0 Å². The molecule has 1 aromatic carbocycles. The SMILES string of the molecule is CCN(CC)CC=Cc1ccccc1S(=O)(=O)Nc1sc2c(c1C(=O)O)CCCC2. The molecule has 0 saturated heterocycles. The van der Waals surface area contributed by atoms with Crippen LogP contribution in [-0.2, 0) is 22.9 Å². The van der Waals surface area contributed by atoms with E-state index >= 15 is 0 Å². The number of sulfonamides is 1. The molecule has 0 spiro atoms. The number of anilines is 1. The van der Waals surface area contributed by atoms with Crippen LogP contribution in [0.25, 0.3) is 6.08 Å². The topological polar surface area (TPSA) is 86.7 Å². The van der Waals surface area contributed by atoms with Gasteiger partial charge >= 0.3 is 5.97 Å². The number of carbonyl (C=O) groups is 1. The van der Waals surface area contributed by atoms with E-state index in [0.717, 1.165) is 49.3 Å². The van der Waals surface area contributed by atoms with E-state index in [1.54, 1.807) is 24.3 Å². The summed E-state index contributed by atoms with van der Waals surface area (Å²) in [4.78, 5) is 15.2. The molecular formula is C22H28N2O4S2. The van der Waals surface area contributed by atoms with E-state index in [-0.39, 0.29) is 15.5 Å². The second-order valence-electron chi connectivity index (χ2n) is 7.25. The standard InChI is InChI=1S/C22H28N2O4S2/c1-3-24(4-2)15-9-11-16-10-5-8-14-19(16)30(27,28)23-21-20(22(25)26)17-12-6-7-13-18(17)29-21/h5,8-11,14,23H,3-4,6-7,12-13,15H2,1-2H3,(H,25,26). The lowest BCUT2D eigenvalue weighted by Gasteiger charge is -2.15. The minimum Gasteiger partial charge on any atom is -0.478 e. The number of nitrogens with one attached hydrogen (secondary N) is 1. The van der Waals surface area contributed by atoms with Gasteiger partial charge in [0.15, 0.2) is 0 Å². The molecule has 1 aliphatic carbocycles. The molecule has 2 N–H and O–H groups in total. The van der Waals surface area contributed by atoms with Gasteiger partial charge in [0.2, 0.25) is 0 Å². The molecule has 6 nitrogen and oxygen atoms in total. The third-order valence-electron chi connectivity index (χ3n) is 5.38. The number of aryl methyl sites for hydroxylation is 1. The maximum atomic E-state index is 13.2. The average Bonchev–Trinajstić information content (AvgIpc) is 3.08. The molecule has 0 amide bonds. The summed E-state index contributed by atoms with van der Waals surface area (Å²) in [6.07, 6.45) is 7.17. The fourth-order valence-electron chi connectivity index (χ4n) is 3.71. The molecule has 162 valence electrons. The smallest absolute Gasteiger partial charge is 0.339 e. The van der Waals surface area contributed by atoms with Crippen molar-refractivity contribution in [1.82, 2.24) is 4.90 Å². The van der Waals surface area contributed by atoms with Gasteiger partial charge in [-0.3, -0.25) is 4.72 Å². The van der Waals surface area contributed by atoms with Crippen LogP contribution in [0, 0.1) is 0 Å². The highest BCUT2D eigenvalue weighted by Gasteiger charge is 2.28. The third kappa shape index (κ3) is 4.94. The number of thiophene rings is 1. The Kier molecular flexibility index (Phi) is 7.33. The molecule has 0 unspecified atom stereocenters. The van der Waals surface area contributed by atoms with E-state index in [1.165, 1.54) is 11.3 Å². The molecule has 1 aromatic heterocycles. The van der Waals surface area contributed by atoms with Gasteiger partial charge in [0.1, 0.15) is 5.00 Å². The molecular weight excluding hydrogens is 420 g/mol. The zero-order chi connectivity index (χ0) is 21.7. The van der Waals surface area contributed by atoms with E-state index in [9.17, 15) is 18.3 Å². The van der Waals surface area contributed by atoms with Crippen LogP contribution in [0.3, 0.4) is 0 Å². The highest BCUT2D eigenvalue weighted by Crippen LogP contribution is 2.39. The summed E-state index contributed by atoms with van der Waals surface area (Å²) in [5.41, 5.74) is 1.46. The molecule has 0 atom stereocenters. The van der Waals surface area contributed by atoms with Crippen LogP contribution >= 0.6 is 11.3 Å².